The second-order valence-corrected chi connectivity index (χ2v) is 8.77. The minimum absolute atomic E-state index is 0.328. The molecule has 0 saturated heterocycles. The summed E-state index contributed by atoms with van der Waals surface area (Å²) in [6, 6.07) is 0. The lowest BCUT2D eigenvalue weighted by Gasteiger charge is -2.18. The molecule has 0 atom stereocenters. The number of fused-ring (bicyclic) bond motifs is 2. The molecule has 2 aliphatic rings. The molecule has 2 bridgehead atoms. The Morgan fingerprint density at radius 3 is 2.76 bits per heavy atom. The van der Waals surface area contributed by atoms with Gasteiger partial charge in [-0.25, -0.2) is 9.97 Å². The largest absolute Gasteiger partial charge is 0.383 e. The summed E-state index contributed by atoms with van der Waals surface area (Å²) in [5.41, 5.74) is 9.07. The van der Waals surface area contributed by atoms with E-state index < -0.39 is 0 Å². The lowest BCUT2D eigenvalue weighted by atomic mass is 9.87. The number of nitrogen functional groups attached to an aromatic ring is 1. The molecular formula is C19H27N4OS+. The Morgan fingerprint density at radius 1 is 1.32 bits per heavy atom. The third-order valence-corrected chi connectivity index (χ3v) is 7.03. The average Bonchev–Trinajstić information content (AvgIpc) is 3.25. The number of aromatic nitrogens is 3. The molecule has 1 aliphatic carbocycles. The fourth-order valence-corrected chi connectivity index (χ4v) is 5.37. The van der Waals surface area contributed by atoms with Crippen LogP contribution in [0.4, 0.5) is 5.82 Å². The van der Waals surface area contributed by atoms with Crippen LogP contribution >= 0.6 is 11.3 Å². The quantitative estimate of drug-likeness (QED) is 0.852. The fraction of sp³-hybridized carbons (Fsp3) is 0.632. The molecule has 0 radical (unpaired) electrons. The predicted molar refractivity (Wildman–Crippen MR) is 98.8 cm³/mol. The van der Waals surface area contributed by atoms with E-state index in [0.717, 1.165) is 44.0 Å². The van der Waals surface area contributed by atoms with Crippen molar-refractivity contribution in [3.05, 3.63) is 33.2 Å². The van der Waals surface area contributed by atoms with Crippen LogP contribution in [0.3, 0.4) is 0 Å². The molecule has 5 nitrogen and oxygen atoms in total. The second kappa shape index (κ2) is 6.32. The number of thiazole rings is 1. The van der Waals surface area contributed by atoms with E-state index in [1.807, 2.05) is 24.5 Å². The Hall–Kier alpha value is -1.53. The Bertz CT molecular complexity index is 795. The molecule has 25 heavy (non-hydrogen) atoms. The SMILES string of the molecule is Cc1ncc(C[n+]2c3sc(c2C2(C(C)C)CC2)CCOCC3)c(N)n1. The van der Waals surface area contributed by atoms with Gasteiger partial charge in [0.2, 0.25) is 10.7 Å². The van der Waals surface area contributed by atoms with Crippen molar-refractivity contribution in [2.75, 3.05) is 18.9 Å². The van der Waals surface area contributed by atoms with Crippen LogP contribution < -0.4 is 10.3 Å². The number of rotatable bonds is 4. The van der Waals surface area contributed by atoms with E-state index in [9.17, 15) is 0 Å². The Morgan fingerprint density at radius 2 is 2.08 bits per heavy atom. The molecule has 4 rings (SSSR count). The monoisotopic (exact) mass is 359 g/mol. The molecule has 0 aromatic carbocycles. The van der Waals surface area contributed by atoms with Crippen molar-refractivity contribution in [3.63, 3.8) is 0 Å². The number of nitrogens with zero attached hydrogens (tertiary/aromatic N) is 3. The van der Waals surface area contributed by atoms with Crippen LogP contribution in [0.15, 0.2) is 6.20 Å². The molecule has 6 heteroatoms. The second-order valence-electron chi connectivity index (χ2n) is 7.60. The zero-order valence-electron chi connectivity index (χ0n) is 15.3. The molecule has 2 aromatic heterocycles. The molecule has 0 spiro atoms. The summed E-state index contributed by atoms with van der Waals surface area (Å²) >= 11 is 1.98. The summed E-state index contributed by atoms with van der Waals surface area (Å²) in [5.74, 6) is 1.98. The Labute approximate surface area is 153 Å². The third-order valence-electron chi connectivity index (χ3n) is 5.72. The maximum absolute atomic E-state index is 6.19. The number of nitrogens with two attached hydrogens (primary N) is 1. The molecule has 0 unspecified atom stereocenters. The standard InChI is InChI=1S/C19H27N4OS/c1-12(2)19(6-7-19)17-15-4-8-24-9-5-16(25-15)23(17)11-14-10-21-13(3)22-18(14)20/h10,12H,4-9,11H2,1-3H3,(H2,20,21,22)/q+1. The van der Waals surface area contributed by atoms with Gasteiger partial charge in [0, 0.05) is 12.6 Å². The van der Waals surface area contributed by atoms with Crippen molar-refractivity contribution in [2.24, 2.45) is 5.92 Å². The average molecular weight is 360 g/mol. The first-order chi connectivity index (χ1) is 12.0. The van der Waals surface area contributed by atoms with Crippen molar-refractivity contribution < 1.29 is 9.30 Å². The highest BCUT2D eigenvalue weighted by atomic mass is 32.1. The Kier molecular flexibility index (Phi) is 4.28. The van der Waals surface area contributed by atoms with Crippen LogP contribution in [0.2, 0.25) is 0 Å². The summed E-state index contributed by atoms with van der Waals surface area (Å²) < 4.78 is 8.31. The van der Waals surface area contributed by atoms with Crippen molar-refractivity contribution in [2.45, 2.75) is 58.4 Å². The van der Waals surface area contributed by atoms with Gasteiger partial charge in [0.1, 0.15) is 11.6 Å². The lowest BCUT2D eigenvalue weighted by molar-refractivity contribution is -0.700. The highest BCUT2D eigenvalue weighted by Crippen LogP contribution is 2.54. The minimum atomic E-state index is 0.328. The number of hydrogen-bond acceptors (Lipinski definition) is 5. The summed E-state index contributed by atoms with van der Waals surface area (Å²) in [5, 5.41) is 1.40. The molecule has 3 heterocycles. The number of aryl methyl sites for hydroxylation is 1. The van der Waals surface area contributed by atoms with E-state index in [-0.39, 0.29) is 0 Å². The van der Waals surface area contributed by atoms with Crippen LogP contribution in [-0.2, 0) is 29.5 Å². The van der Waals surface area contributed by atoms with Gasteiger partial charge in [0.15, 0.2) is 6.54 Å². The maximum Gasteiger partial charge on any atom is 0.240 e. The number of ether oxygens (including phenoxy) is 1. The van der Waals surface area contributed by atoms with E-state index >= 15 is 0 Å². The fourth-order valence-electron chi connectivity index (χ4n) is 4.04. The smallest absolute Gasteiger partial charge is 0.240 e. The zero-order valence-corrected chi connectivity index (χ0v) is 16.2. The zero-order chi connectivity index (χ0) is 17.6. The van der Waals surface area contributed by atoms with E-state index in [2.05, 4.69) is 28.4 Å². The third kappa shape index (κ3) is 2.95. The number of hydrogen-bond donors (Lipinski definition) is 1. The van der Waals surface area contributed by atoms with Gasteiger partial charge in [-0.1, -0.05) is 25.2 Å². The molecule has 2 N–H and O–H groups in total. The first kappa shape index (κ1) is 16.9. The molecule has 134 valence electrons. The minimum Gasteiger partial charge on any atom is -0.383 e. The van der Waals surface area contributed by atoms with Crippen molar-refractivity contribution in [1.82, 2.24) is 9.97 Å². The normalized spacial score (nSPS) is 18.9. The van der Waals surface area contributed by atoms with Gasteiger partial charge in [-0.2, -0.15) is 4.57 Å². The van der Waals surface area contributed by atoms with Crippen molar-refractivity contribution in [1.29, 1.82) is 0 Å². The topological polar surface area (TPSA) is 64.9 Å². The van der Waals surface area contributed by atoms with Crippen molar-refractivity contribution >= 4 is 17.2 Å². The van der Waals surface area contributed by atoms with Gasteiger partial charge < -0.3 is 10.5 Å². The van der Waals surface area contributed by atoms with Crippen molar-refractivity contribution in [3.8, 4) is 0 Å². The lowest BCUT2D eigenvalue weighted by Crippen LogP contribution is -2.45. The van der Waals surface area contributed by atoms with Crippen LogP contribution in [0, 0.1) is 12.8 Å². The van der Waals surface area contributed by atoms with E-state index in [4.69, 9.17) is 10.5 Å². The van der Waals surface area contributed by atoms with Crippen LogP contribution in [0.25, 0.3) is 0 Å². The molecule has 1 saturated carbocycles. The van der Waals surface area contributed by atoms with Gasteiger partial charge >= 0.3 is 0 Å². The van der Waals surface area contributed by atoms with Gasteiger partial charge in [0.25, 0.3) is 0 Å². The van der Waals surface area contributed by atoms with E-state index in [0.29, 0.717) is 17.2 Å². The van der Waals surface area contributed by atoms with Gasteiger partial charge in [-0.15, -0.1) is 0 Å². The predicted octanol–water partition coefficient (Wildman–Crippen LogP) is 2.57. The van der Waals surface area contributed by atoms with Gasteiger partial charge in [-0.05, 0) is 25.7 Å². The molecule has 2 aromatic rings. The summed E-state index contributed by atoms with van der Waals surface area (Å²) in [6.45, 7) is 8.99. The Balaban J connectivity index is 1.82. The highest BCUT2D eigenvalue weighted by molar-refractivity contribution is 7.11. The van der Waals surface area contributed by atoms with E-state index in [1.165, 1.54) is 28.4 Å². The van der Waals surface area contributed by atoms with Gasteiger partial charge in [-0.3, -0.25) is 0 Å². The molecule has 1 fully saturated rings. The van der Waals surface area contributed by atoms with Crippen LogP contribution in [0.1, 0.15) is 53.7 Å². The van der Waals surface area contributed by atoms with Crippen LogP contribution in [0.5, 0.6) is 0 Å². The summed E-state index contributed by atoms with van der Waals surface area (Å²) in [7, 11) is 0. The van der Waals surface area contributed by atoms with Gasteiger partial charge in [0.05, 0.1) is 35.5 Å². The summed E-state index contributed by atoms with van der Waals surface area (Å²) in [6.07, 6.45) is 6.45. The van der Waals surface area contributed by atoms with Crippen LogP contribution in [-0.4, -0.2) is 23.2 Å². The first-order valence-corrected chi connectivity index (χ1v) is 10.0. The first-order valence-electron chi connectivity index (χ1n) is 9.22. The maximum atomic E-state index is 6.19. The molecule has 0 amide bonds. The number of anilines is 1. The molecule has 1 aliphatic heterocycles. The van der Waals surface area contributed by atoms with E-state index in [1.54, 1.807) is 0 Å². The summed E-state index contributed by atoms with van der Waals surface area (Å²) in [4.78, 5) is 10.2. The molecular weight excluding hydrogens is 332 g/mol. The highest BCUT2D eigenvalue weighted by Gasteiger charge is 2.55.